The van der Waals surface area contributed by atoms with E-state index >= 15 is 0 Å². The minimum absolute atomic E-state index is 0.0703. The molecule has 0 spiro atoms. The fourth-order valence-corrected chi connectivity index (χ4v) is 1.53. The van der Waals surface area contributed by atoms with Crippen LogP contribution < -0.4 is 11.1 Å². The van der Waals surface area contributed by atoms with Crippen molar-refractivity contribution in [3.05, 3.63) is 39.4 Å². The molecule has 0 aliphatic rings. The van der Waals surface area contributed by atoms with Gasteiger partial charge in [-0.25, -0.2) is 0 Å². The van der Waals surface area contributed by atoms with Gasteiger partial charge in [0.15, 0.2) is 0 Å². The molecule has 3 N–H and O–H groups in total. The van der Waals surface area contributed by atoms with Gasteiger partial charge in [0.1, 0.15) is 5.56 Å². The molecule has 1 aromatic rings. The van der Waals surface area contributed by atoms with Gasteiger partial charge < -0.3 is 11.1 Å². The number of nitro groups is 1. The highest BCUT2D eigenvalue weighted by Crippen LogP contribution is 2.19. The zero-order valence-electron chi connectivity index (χ0n) is 11.3. The number of hydrogen-bond donors (Lipinski definition) is 2. The number of carbonyl (C=O) groups is 1. The molecule has 0 bridgehead atoms. The molecule has 6 nitrogen and oxygen atoms in total. The smallest absolute Gasteiger partial charge is 0.282 e. The minimum atomic E-state index is -0.559. The lowest BCUT2D eigenvalue weighted by Gasteiger charge is -2.16. The molecule has 0 saturated heterocycles. The molecule has 0 aliphatic carbocycles. The van der Waals surface area contributed by atoms with Gasteiger partial charge in [0.2, 0.25) is 0 Å². The van der Waals surface area contributed by atoms with Gasteiger partial charge in [-0.2, -0.15) is 0 Å². The quantitative estimate of drug-likeness (QED) is 0.624. The zero-order valence-corrected chi connectivity index (χ0v) is 11.3. The van der Waals surface area contributed by atoms with Crippen molar-refractivity contribution in [2.75, 3.05) is 6.54 Å². The molecule has 1 atom stereocenters. The fourth-order valence-electron chi connectivity index (χ4n) is 1.53. The Morgan fingerprint density at radius 2 is 2.11 bits per heavy atom. The van der Waals surface area contributed by atoms with Crippen molar-refractivity contribution in [3.8, 4) is 0 Å². The predicted molar refractivity (Wildman–Crippen MR) is 73.0 cm³/mol. The lowest BCUT2D eigenvalue weighted by atomic mass is 10.1. The highest BCUT2D eigenvalue weighted by molar-refractivity contribution is 5.98. The van der Waals surface area contributed by atoms with Crippen LogP contribution in [0.1, 0.15) is 29.8 Å². The third kappa shape index (κ3) is 4.03. The number of nitrogens with zero attached hydrogens (tertiary/aromatic N) is 1. The number of aryl methyl sites for hydroxylation is 1. The molecule has 0 heterocycles. The third-order valence-corrected chi connectivity index (χ3v) is 2.95. The Morgan fingerprint density at radius 1 is 1.47 bits per heavy atom. The molecule has 0 aliphatic heterocycles. The molecule has 1 rings (SSSR count). The monoisotopic (exact) mass is 265 g/mol. The van der Waals surface area contributed by atoms with Gasteiger partial charge >= 0.3 is 0 Å². The maximum atomic E-state index is 12.0. The Kier molecular flexibility index (Phi) is 5.00. The third-order valence-electron chi connectivity index (χ3n) is 2.95. The van der Waals surface area contributed by atoms with Gasteiger partial charge in [0.25, 0.3) is 11.6 Å². The van der Waals surface area contributed by atoms with Crippen molar-refractivity contribution in [2.45, 2.75) is 26.8 Å². The number of hydrogen-bond acceptors (Lipinski definition) is 4. The van der Waals surface area contributed by atoms with Crippen molar-refractivity contribution in [1.29, 1.82) is 0 Å². The minimum Gasteiger partial charge on any atom is -0.350 e. The van der Waals surface area contributed by atoms with Crippen molar-refractivity contribution >= 4 is 11.6 Å². The number of nitrogens with two attached hydrogens (primary N) is 1. The average molecular weight is 265 g/mol. The molecule has 19 heavy (non-hydrogen) atoms. The van der Waals surface area contributed by atoms with E-state index in [1.54, 1.807) is 13.0 Å². The van der Waals surface area contributed by atoms with Gasteiger partial charge in [-0.05, 0) is 24.5 Å². The Hall–Kier alpha value is -1.95. The van der Waals surface area contributed by atoms with Crippen LogP contribution in [0.25, 0.3) is 0 Å². The van der Waals surface area contributed by atoms with Crippen LogP contribution in [0.4, 0.5) is 5.69 Å². The number of nitrogens with one attached hydrogen (secondary N) is 1. The first-order valence-electron chi connectivity index (χ1n) is 6.11. The molecule has 0 radical (unpaired) electrons. The molecule has 0 saturated carbocycles. The van der Waals surface area contributed by atoms with Crippen LogP contribution >= 0.6 is 0 Å². The second-order valence-electron chi connectivity index (χ2n) is 4.90. The summed E-state index contributed by atoms with van der Waals surface area (Å²) in [5.74, 6) is -0.237. The van der Waals surface area contributed by atoms with Crippen LogP contribution in [-0.2, 0) is 0 Å². The van der Waals surface area contributed by atoms with Gasteiger partial charge in [-0.15, -0.1) is 0 Å². The summed E-state index contributed by atoms with van der Waals surface area (Å²) in [6, 6.07) is 4.28. The van der Waals surface area contributed by atoms with Crippen molar-refractivity contribution in [2.24, 2.45) is 11.7 Å². The fraction of sp³-hybridized carbons (Fsp3) is 0.462. The summed E-state index contributed by atoms with van der Waals surface area (Å²) in [4.78, 5) is 22.3. The van der Waals surface area contributed by atoms with Crippen molar-refractivity contribution < 1.29 is 9.72 Å². The van der Waals surface area contributed by atoms with E-state index < -0.39 is 10.8 Å². The molecular weight excluding hydrogens is 246 g/mol. The van der Waals surface area contributed by atoms with E-state index in [1.807, 2.05) is 13.8 Å². The van der Waals surface area contributed by atoms with Gasteiger partial charge in [-0.3, -0.25) is 14.9 Å². The first-order chi connectivity index (χ1) is 8.82. The van der Waals surface area contributed by atoms with Crippen LogP contribution in [0.5, 0.6) is 0 Å². The van der Waals surface area contributed by atoms with Gasteiger partial charge in [0, 0.05) is 18.7 Å². The van der Waals surface area contributed by atoms with E-state index in [0.717, 1.165) is 5.56 Å². The predicted octanol–water partition coefficient (Wildman–Crippen LogP) is 1.62. The highest BCUT2D eigenvalue weighted by atomic mass is 16.6. The van der Waals surface area contributed by atoms with E-state index in [2.05, 4.69) is 5.32 Å². The average Bonchev–Trinajstić information content (AvgIpc) is 2.34. The van der Waals surface area contributed by atoms with Crippen molar-refractivity contribution in [3.63, 3.8) is 0 Å². The Bertz CT molecular complexity index is 486. The molecule has 6 heteroatoms. The summed E-state index contributed by atoms with van der Waals surface area (Å²) in [5, 5.41) is 13.5. The number of rotatable bonds is 5. The normalized spacial score (nSPS) is 12.3. The van der Waals surface area contributed by atoms with E-state index in [9.17, 15) is 14.9 Å². The second kappa shape index (κ2) is 6.29. The highest BCUT2D eigenvalue weighted by Gasteiger charge is 2.20. The SMILES string of the molecule is Cc1ccc([N+](=O)[O-])c(C(=O)NCC(N)C(C)C)c1. The van der Waals surface area contributed by atoms with Crippen molar-refractivity contribution in [1.82, 2.24) is 5.32 Å². The van der Waals surface area contributed by atoms with Crippen LogP contribution in [0, 0.1) is 23.0 Å². The number of nitro benzene ring substituents is 1. The van der Waals surface area contributed by atoms with Gasteiger partial charge in [0.05, 0.1) is 4.92 Å². The molecule has 1 aromatic carbocycles. The van der Waals surface area contributed by atoms with E-state index in [1.165, 1.54) is 12.1 Å². The Balaban J connectivity index is 2.87. The maximum Gasteiger partial charge on any atom is 0.282 e. The molecule has 104 valence electrons. The van der Waals surface area contributed by atoms with E-state index in [-0.39, 0.29) is 23.2 Å². The van der Waals surface area contributed by atoms with E-state index in [4.69, 9.17) is 5.73 Å². The summed E-state index contributed by atoms with van der Waals surface area (Å²) in [7, 11) is 0. The zero-order chi connectivity index (χ0) is 14.6. The summed E-state index contributed by atoms with van der Waals surface area (Å²) < 4.78 is 0. The topological polar surface area (TPSA) is 98.3 Å². The number of benzene rings is 1. The number of amides is 1. The standard InChI is InChI=1S/C13H19N3O3/c1-8(2)11(14)7-15-13(17)10-6-9(3)4-5-12(10)16(18)19/h4-6,8,11H,7,14H2,1-3H3,(H,15,17). The lowest BCUT2D eigenvalue weighted by molar-refractivity contribution is -0.385. The Labute approximate surface area is 112 Å². The lowest BCUT2D eigenvalue weighted by Crippen LogP contribution is -2.40. The summed E-state index contributed by atoms with van der Waals surface area (Å²) in [6.45, 7) is 5.97. The molecule has 0 fully saturated rings. The first-order valence-corrected chi connectivity index (χ1v) is 6.11. The molecule has 0 aromatic heterocycles. The van der Waals surface area contributed by atoms with Crippen LogP contribution in [-0.4, -0.2) is 23.4 Å². The van der Waals surface area contributed by atoms with E-state index in [0.29, 0.717) is 6.54 Å². The summed E-state index contributed by atoms with van der Waals surface area (Å²) in [6.07, 6.45) is 0. The number of carbonyl (C=O) groups excluding carboxylic acids is 1. The Morgan fingerprint density at radius 3 is 2.63 bits per heavy atom. The second-order valence-corrected chi connectivity index (χ2v) is 4.90. The van der Waals surface area contributed by atoms with Crippen LogP contribution in [0.2, 0.25) is 0 Å². The van der Waals surface area contributed by atoms with Crippen LogP contribution in [0.15, 0.2) is 18.2 Å². The maximum absolute atomic E-state index is 12.0. The van der Waals surface area contributed by atoms with Gasteiger partial charge in [-0.1, -0.05) is 19.9 Å². The molecular formula is C13H19N3O3. The summed E-state index contributed by atoms with van der Waals surface area (Å²) in [5.41, 5.74) is 6.49. The molecule has 1 unspecified atom stereocenters. The molecule has 1 amide bonds. The van der Waals surface area contributed by atoms with Crippen LogP contribution in [0.3, 0.4) is 0 Å². The largest absolute Gasteiger partial charge is 0.350 e. The summed E-state index contributed by atoms with van der Waals surface area (Å²) >= 11 is 0. The first kappa shape index (κ1) is 15.1.